The number of carbonyl (C=O) groups excluding carboxylic acids is 1. The molecule has 70 valence electrons. The number of hydrogen-bond donors (Lipinski definition) is 0. The fraction of sp³-hybridized carbons (Fsp3) is 0.667. The van der Waals surface area contributed by atoms with Crippen molar-refractivity contribution in [2.45, 2.75) is 26.4 Å². The van der Waals surface area contributed by atoms with Gasteiger partial charge in [-0.25, -0.2) is 0 Å². The minimum Gasteiger partial charge on any atom is -0.466 e. The standard InChI is InChI=1S/C9H16O3/c1-4-8(11-5-2)7-9(10)12-6-3/h4,8H,1,5-7H2,2-3H3. The summed E-state index contributed by atoms with van der Waals surface area (Å²) in [5, 5.41) is 0. The minimum absolute atomic E-state index is 0.214. The molecule has 0 aromatic heterocycles. The fourth-order valence-electron chi connectivity index (χ4n) is 0.809. The zero-order valence-electron chi connectivity index (χ0n) is 7.71. The first kappa shape index (κ1) is 11.2. The molecule has 0 aromatic rings. The molecule has 0 aromatic carbocycles. The highest BCUT2D eigenvalue weighted by molar-refractivity contribution is 5.70. The lowest BCUT2D eigenvalue weighted by Gasteiger charge is -2.10. The quantitative estimate of drug-likeness (QED) is 0.450. The average Bonchev–Trinajstić information content (AvgIpc) is 2.04. The largest absolute Gasteiger partial charge is 0.466 e. The monoisotopic (exact) mass is 172 g/mol. The number of carbonyl (C=O) groups is 1. The van der Waals surface area contributed by atoms with Gasteiger partial charge in [0.25, 0.3) is 0 Å². The Balaban J connectivity index is 3.68. The van der Waals surface area contributed by atoms with Crippen LogP contribution in [-0.2, 0) is 14.3 Å². The molecule has 1 atom stereocenters. The highest BCUT2D eigenvalue weighted by atomic mass is 16.5. The van der Waals surface area contributed by atoms with Crippen molar-refractivity contribution in [2.75, 3.05) is 13.2 Å². The van der Waals surface area contributed by atoms with Crippen molar-refractivity contribution in [2.24, 2.45) is 0 Å². The molecule has 0 spiro atoms. The molecule has 0 N–H and O–H groups in total. The fourth-order valence-corrected chi connectivity index (χ4v) is 0.809. The van der Waals surface area contributed by atoms with Crippen molar-refractivity contribution >= 4 is 5.97 Å². The van der Waals surface area contributed by atoms with Crippen molar-refractivity contribution in [1.29, 1.82) is 0 Å². The number of rotatable bonds is 6. The lowest BCUT2D eigenvalue weighted by atomic mass is 10.2. The molecule has 0 aliphatic carbocycles. The predicted molar refractivity (Wildman–Crippen MR) is 46.9 cm³/mol. The Kier molecular flexibility index (Phi) is 6.38. The second-order valence-electron chi connectivity index (χ2n) is 2.24. The van der Waals surface area contributed by atoms with E-state index in [9.17, 15) is 4.79 Å². The third-order valence-electron chi connectivity index (χ3n) is 1.32. The summed E-state index contributed by atoms with van der Waals surface area (Å²) in [5.41, 5.74) is 0. The van der Waals surface area contributed by atoms with Crippen molar-refractivity contribution in [1.82, 2.24) is 0 Å². The minimum atomic E-state index is -0.240. The maximum absolute atomic E-state index is 10.9. The van der Waals surface area contributed by atoms with Crippen LogP contribution in [0.2, 0.25) is 0 Å². The summed E-state index contributed by atoms with van der Waals surface area (Å²) in [6.45, 7) is 8.21. The molecule has 0 radical (unpaired) electrons. The van der Waals surface area contributed by atoms with Crippen molar-refractivity contribution < 1.29 is 14.3 Å². The molecule has 0 saturated carbocycles. The van der Waals surface area contributed by atoms with Crippen LogP contribution in [0.15, 0.2) is 12.7 Å². The SMILES string of the molecule is C=CC(CC(=O)OCC)OCC. The average molecular weight is 172 g/mol. The Bertz CT molecular complexity index is 143. The summed E-state index contributed by atoms with van der Waals surface area (Å²) >= 11 is 0. The second kappa shape index (κ2) is 6.85. The van der Waals surface area contributed by atoms with Crippen molar-refractivity contribution in [3.63, 3.8) is 0 Å². The predicted octanol–water partition coefficient (Wildman–Crippen LogP) is 1.53. The first-order chi connectivity index (χ1) is 5.74. The highest BCUT2D eigenvalue weighted by Gasteiger charge is 2.10. The van der Waals surface area contributed by atoms with Gasteiger partial charge >= 0.3 is 5.97 Å². The van der Waals surface area contributed by atoms with Crippen LogP contribution >= 0.6 is 0 Å². The summed E-state index contributed by atoms with van der Waals surface area (Å²) in [6.07, 6.45) is 1.65. The Morgan fingerprint density at radius 1 is 1.50 bits per heavy atom. The first-order valence-corrected chi connectivity index (χ1v) is 4.14. The van der Waals surface area contributed by atoms with Gasteiger partial charge in [-0.2, -0.15) is 0 Å². The van der Waals surface area contributed by atoms with Gasteiger partial charge in [-0.1, -0.05) is 6.08 Å². The van der Waals surface area contributed by atoms with E-state index in [1.54, 1.807) is 13.0 Å². The maximum Gasteiger partial charge on any atom is 0.308 e. The lowest BCUT2D eigenvalue weighted by Crippen LogP contribution is -2.17. The smallest absolute Gasteiger partial charge is 0.308 e. The summed E-state index contributed by atoms with van der Waals surface area (Å²) in [5.74, 6) is -0.240. The molecule has 3 nitrogen and oxygen atoms in total. The molecule has 3 heteroatoms. The van der Waals surface area contributed by atoms with Crippen LogP contribution in [0, 0.1) is 0 Å². The van der Waals surface area contributed by atoms with Gasteiger partial charge in [0.1, 0.15) is 0 Å². The number of ether oxygens (including phenoxy) is 2. The zero-order valence-corrected chi connectivity index (χ0v) is 7.71. The summed E-state index contributed by atoms with van der Waals surface area (Å²) in [6, 6.07) is 0. The van der Waals surface area contributed by atoms with Gasteiger partial charge in [-0.15, -0.1) is 6.58 Å². The molecule has 0 rings (SSSR count). The molecular weight excluding hydrogens is 156 g/mol. The van der Waals surface area contributed by atoms with Crippen molar-refractivity contribution in [3.05, 3.63) is 12.7 Å². The second-order valence-corrected chi connectivity index (χ2v) is 2.24. The van der Waals surface area contributed by atoms with Gasteiger partial charge in [0.05, 0.1) is 19.1 Å². The van der Waals surface area contributed by atoms with Crippen LogP contribution in [0.4, 0.5) is 0 Å². The summed E-state index contributed by atoms with van der Waals surface area (Å²) in [4.78, 5) is 10.9. The van der Waals surface area contributed by atoms with E-state index >= 15 is 0 Å². The Morgan fingerprint density at radius 2 is 2.17 bits per heavy atom. The summed E-state index contributed by atoms with van der Waals surface area (Å²) < 4.78 is 9.94. The third kappa shape index (κ3) is 4.91. The van der Waals surface area contributed by atoms with E-state index in [2.05, 4.69) is 6.58 Å². The maximum atomic E-state index is 10.9. The topological polar surface area (TPSA) is 35.5 Å². The van der Waals surface area contributed by atoms with Gasteiger partial charge in [0.15, 0.2) is 0 Å². The van der Waals surface area contributed by atoms with Crippen LogP contribution in [0.1, 0.15) is 20.3 Å². The lowest BCUT2D eigenvalue weighted by molar-refractivity contribution is -0.145. The molecule has 0 fully saturated rings. The third-order valence-corrected chi connectivity index (χ3v) is 1.32. The van der Waals surface area contributed by atoms with Crippen LogP contribution in [-0.4, -0.2) is 25.3 Å². The van der Waals surface area contributed by atoms with Gasteiger partial charge in [-0.3, -0.25) is 4.79 Å². The van der Waals surface area contributed by atoms with Gasteiger partial charge < -0.3 is 9.47 Å². The van der Waals surface area contributed by atoms with E-state index in [0.717, 1.165) is 0 Å². The molecule has 0 heterocycles. The first-order valence-electron chi connectivity index (χ1n) is 4.14. The molecule has 0 amide bonds. The molecule has 12 heavy (non-hydrogen) atoms. The van der Waals surface area contributed by atoms with Gasteiger partial charge in [-0.05, 0) is 13.8 Å². The van der Waals surface area contributed by atoms with Crippen LogP contribution in [0.25, 0.3) is 0 Å². The number of esters is 1. The van der Waals surface area contributed by atoms with E-state index in [1.165, 1.54) is 0 Å². The molecule has 0 aliphatic heterocycles. The van der Waals surface area contributed by atoms with E-state index in [-0.39, 0.29) is 18.5 Å². The van der Waals surface area contributed by atoms with E-state index in [4.69, 9.17) is 9.47 Å². The Hall–Kier alpha value is -0.830. The molecule has 1 unspecified atom stereocenters. The van der Waals surface area contributed by atoms with Crippen LogP contribution in [0.3, 0.4) is 0 Å². The van der Waals surface area contributed by atoms with Gasteiger partial charge in [0.2, 0.25) is 0 Å². The van der Waals surface area contributed by atoms with E-state index in [0.29, 0.717) is 13.2 Å². The van der Waals surface area contributed by atoms with Crippen LogP contribution < -0.4 is 0 Å². The zero-order chi connectivity index (χ0) is 9.40. The molecule has 0 saturated heterocycles. The molecular formula is C9H16O3. The van der Waals surface area contributed by atoms with Crippen LogP contribution in [0.5, 0.6) is 0 Å². The molecule has 0 bridgehead atoms. The number of hydrogen-bond acceptors (Lipinski definition) is 3. The van der Waals surface area contributed by atoms with E-state index < -0.39 is 0 Å². The summed E-state index contributed by atoms with van der Waals surface area (Å²) in [7, 11) is 0. The Labute approximate surface area is 73.4 Å². The van der Waals surface area contributed by atoms with E-state index in [1.807, 2.05) is 6.92 Å². The molecule has 0 aliphatic rings. The normalized spacial score (nSPS) is 12.2. The highest BCUT2D eigenvalue weighted by Crippen LogP contribution is 2.01. The van der Waals surface area contributed by atoms with Crippen molar-refractivity contribution in [3.8, 4) is 0 Å². The Morgan fingerprint density at radius 3 is 2.58 bits per heavy atom. The van der Waals surface area contributed by atoms with Gasteiger partial charge in [0, 0.05) is 6.61 Å².